The molecule has 0 amide bonds. The standard InChI is InChI=1S/C12H20N2O/c1-2-12(15)6-4-8-14-10-11-5-3-7-13-9-11/h3,5,7,9,12,14-15H,2,4,6,8,10H2,1H3. The Balaban J connectivity index is 2.03. The molecule has 1 rings (SSSR count). The van der Waals surface area contributed by atoms with E-state index in [-0.39, 0.29) is 6.10 Å². The summed E-state index contributed by atoms with van der Waals surface area (Å²) >= 11 is 0. The van der Waals surface area contributed by atoms with E-state index in [0.717, 1.165) is 32.4 Å². The highest BCUT2D eigenvalue weighted by molar-refractivity contribution is 5.07. The van der Waals surface area contributed by atoms with Gasteiger partial charge in [0.1, 0.15) is 0 Å². The van der Waals surface area contributed by atoms with Crippen LogP contribution in [0.4, 0.5) is 0 Å². The Hall–Kier alpha value is -0.930. The Bertz CT molecular complexity index is 251. The van der Waals surface area contributed by atoms with E-state index in [0.29, 0.717) is 0 Å². The lowest BCUT2D eigenvalue weighted by Crippen LogP contribution is -2.16. The van der Waals surface area contributed by atoms with E-state index in [1.165, 1.54) is 5.56 Å². The van der Waals surface area contributed by atoms with E-state index < -0.39 is 0 Å². The minimum absolute atomic E-state index is 0.134. The molecule has 3 nitrogen and oxygen atoms in total. The lowest BCUT2D eigenvalue weighted by Gasteiger charge is -2.08. The molecule has 0 bridgehead atoms. The SMILES string of the molecule is CCC(O)CCCNCc1cccnc1. The highest BCUT2D eigenvalue weighted by Crippen LogP contribution is 2.00. The normalized spacial score (nSPS) is 12.7. The number of nitrogens with one attached hydrogen (secondary N) is 1. The van der Waals surface area contributed by atoms with Crippen LogP contribution in [0.3, 0.4) is 0 Å². The first-order chi connectivity index (χ1) is 7.33. The Labute approximate surface area is 91.5 Å². The van der Waals surface area contributed by atoms with Gasteiger partial charge in [0.25, 0.3) is 0 Å². The van der Waals surface area contributed by atoms with Gasteiger partial charge in [-0.3, -0.25) is 4.98 Å². The van der Waals surface area contributed by atoms with Gasteiger partial charge in [0.05, 0.1) is 6.10 Å². The molecule has 2 N–H and O–H groups in total. The highest BCUT2D eigenvalue weighted by Gasteiger charge is 1.99. The van der Waals surface area contributed by atoms with Crippen molar-refractivity contribution < 1.29 is 5.11 Å². The zero-order valence-corrected chi connectivity index (χ0v) is 9.32. The van der Waals surface area contributed by atoms with Gasteiger partial charge in [-0.2, -0.15) is 0 Å². The summed E-state index contributed by atoms with van der Waals surface area (Å²) < 4.78 is 0. The predicted octanol–water partition coefficient (Wildman–Crippen LogP) is 1.72. The number of aliphatic hydroxyl groups is 1. The predicted molar refractivity (Wildman–Crippen MR) is 61.5 cm³/mol. The van der Waals surface area contributed by atoms with Crippen molar-refractivity contribution in [1.29, 1.82) is 0 Å². The second-order valence-corrected chi connectivity index (χ2v) is 3.74. The van der Waals surface area contributed by atoms with Crippen molar-refractivity contribution in [3.05, 3.63) is 30.1 Å². The van der Waals surface area contributed by atoms with Crippen molar-refractivity contribution >= 4 is 0 Å². The van der Waals surface area contributed by atoms with Gasteiger partial charge < -0.3 is 10.4 Å². The molecule has 0 aliphatic carbocycles. The van der Waals surface area contributed by atoms with Crippen LogP contribution in [0.25, 0.3) is 0 Å². The van der Waals surface area contributed by atoms with Gasteiger partial charge >= 0.3 is 0 Å². The molecule has 0 radical (unpaired) electrons. The molecule has 0 fully saturated rings. The fourth-order valence-electron chi connectivity index (χ4n) is 1.40. The third kappa shape index (κ3) is 5.50. The highest BCUT2D eigenvalue weighted by atomic mass is 16.3. The van der Waals surface area contributed by atoms with Gasteiger partial charge in [-0.25, -0.2) is 0 Å². The monoisotopic (exact) mass is 208 g/mol. The van der Waals surface area contributed by atoms with Crippen molar-refractivity contribution in [1.82, 2.24) is 10.3 Å². The van der Waals surface area contributed by atoms with Crippen molar-refractivity contribution in [3.63, 3.8) is 0 Å². The minimum atomic E-state index is -0.134. The van der Waals surface area contributed by atoms with Crippen LogP contribution in [0.5, 0.6) is 0 Å². The average molecular weight is 208 g/mol. The molecule has 3 heteroatoms. The fourth-order valence-corrected chi connectivity index (χ4v) is 1.40. The third-order valence-electron chi connectivity index (χ3n) is 2.41. The molecule has 1 unspecified atom stereocenters. The second kappa shape index (κ2) is 7.37. The van der Waals surface area contributed by atoms with Crippen molar-refractivity contribution in [3.8, 4) is 0 Å². The van der Waals surface area contributed by atoms with Crippen LogP contribution in [0.15, 0.2) is 24.5 Å². The topological polar surface area (TPSA) is 45.1 Å². The van der Waals surface area contributed by atoms with Crippen LogP contribution >= 0.6 is 0 Å². The maximum atomic E-state index is 9.34. The van der Waals surface area contributed by atoms with Crippen LogP contribution in [0.1, 0.15) is 31.7 Å². The first-order valence-corrected chi connectivity index (χ1v) is 5.60. The lowest BCUT2D eigenvalue weighted by atomic mass is 10.1. The van der Waals surface area contributed by atoms with Crippen LogP contribution in [0.2, 0.25) is 0 Å². The van der Waals surface area contributed by atoms with Gasteiger partial charge in [0, 0.05) is 18.9 Å². The molecule has 0 spiro atoms. The Morgan fingerprint density at radius 2 is 2.40 bits per heavy atom. The van der Waals surface area contributed by atoms with Crippen LogP contribution in [-0.4, -0.2) is 22.7 Å². The molecule has 1 aromatic rings. The third-order valence-corrected chi connectivity index (χ3v) is 2.41. The molecular weight excluding hydrogens is 188 g/mol. The maximum Gasteiger partial charge on any atom is 0.0538 e. The zero-order valence-electron chi connectivity index (χ0n) is 9.32. The number of aliphatic hydroxyl groups excluding tert-OH is 1. The number of hydrogen-bond acceptors (Lipinski definition) is 3. The quantitative estimate of drug-likeness (QED) is 0.671. The summed E-state index contributed by atoms with van der Waals surface area (Å²) in [6.07, 6.45) is 6.27. The minimum Gasteiger partial charge on any atom is -0.393 e. The maximum absolute atomic E-state index is 9.34. The van der Waals surface area contributed by atoms with E-state index in [9.17, 15) is 5.11 Å². The Morgan fingerprint density at radius 1 is 1.53 bits per heavy atom. The van der Waals surface area contributed by atoms with Crippen LogP contribution in [-0.2, 0) is 6.54 Å². The van der Waals surface area contributed by atoms with E-state index in [2.05, 4.69) is 16.4 Å². The number of rotatable bonds is 7. The number of aromatic nitrogens is 1. The van der Waals surface area contributed by atoms with Crippen molar-refractivity contribution in [2.45, 2.75) is 38.8 Å². The summed E-state index contributed by atoms with van der Waals surface area (Å²) in [6.45, 7) is 3.82. The molecule has 0 aromatic carbocycles. The summed E-state index contributed by atoms with van der Waals surface area (Å²) in [5, 5.41) is 12.7. The Morgan fingerprint density at radius 3 is 3.07 bits per heavy atom. The average Bonchev–Trinajstić information content (AvgIpc) is 2.29. The molecule has 1 heterocycles. The molecule has 84 valence electrons. The van der Waals surface area contributed by atoms with E-state index in [1.54, 1.807) is 6.20 Å². The van der Waals surface area contributed by atoms with Crippen LogP contribution in [0, 0.1) is 0 Å². The molecule has 1 atom stereocenters. The molecule has 0 aliphatic heterocycles. The molecule has 0 saturated carbocycles. The summed E-state index contributed by atoms with van der Waals surface area (Å²) in [5.74, 6) is 0. The van der Waals surface area contributed by atoms with Gasteiger partial charge in [-0.1, -0.05) is 13.0 Å². The zero-order chi connectivity index (χ0) is 10.9. The summed E-state index contributed by atoms with van der Waals surface area (Å²) in [7, 11) is 0. The van der Waals surface area contributed by atoms with E-state index in [4.69, 9.17) is 0 Å². The second-order valence-electron chi connectivity index (χ2n) is 3.74. The molecular formula is C12H20N2O. The lowest BCUT2D eigenvalue weighted by molar-refractivity contribution is 0.157. The number of hydrogen-bond donors (Lipinski definition) is 2. The Kier molecular flexibility index (Phi) is 5.97. The molecule has 0 aliphatic rings. The number of nitrogens with zero attached hydrogens (tertiary/aromatic N) is 1. The fraction of sp³-hybridized carbons (Fsp3) is 0.583. The molecule has 0 saturated heterocycles. The molecule has 1 aromatic heterocycles. The van der Waals surface area contributed by atoms with Gasteiger partial charge in [-0.05, 0) is 37.4 Å². The summed E-state index contributed by atoms with van der Waals surface area (Å²) in [6, 6.07) is 4.00. The first-order valence-electron chi connectivity index (χ1n) is 5.60. The number of pyridine rings is 1. The largest absolute Gasteiger partial charge is 0.393 e. The van der Waals surface area contributed by atoms with Crippen molar-refractivity contribution in [2.24, 2.45) is 0 Å². The first kappa shape index (κ1) is 12.1. The van der Waals surface area contributed by atoms with Gasteiger partial charge in [0.15, 0.2) is 0 Å². The van der Waals surface area contributed by atoms with Gasteiger partial charge in [0.2, 0.25) is 0 Å². The van der Waals surface area contributed by atoms with Crippen LogP contribution < -0.4 is 5.32 Å². The van der Waals surface area contributed by atoms with Gasteiger partial charge in [-0.15, -0.1) is 0 Å². The summed E-state index contributed by atoms with van der Waals surface area (Å²) in [4.78, 5) is 4.05. The van der Waals surface area contributed by atoms with Crippen molar-refractivity contribution in [2.75, 3.05) is 6.54 Å². The van der Waals surface area contributed by atoms with E-state index in [1.807, 2.05) is 19.2 Å². The smallest absolute Gasteiger partial charge is 0.0538 e. The van der Waals surface area contributed by atoms with E-state index >= 15 is 0 Å². The summed E-state index contributed by atoms with van der Waals surface area (Å²) in [5.41, 5.74) is 1.20. The molecule has 15 heavy (non-hydrogen) atoms.